The van der Waals surface area contributed by atoms with Crippen molar-refractivity contribution in [2.45, 2.75) is 13.3 Å². The molecule has 2 N–H and O–H groups in total. The summed E-state index contributed by atoms with van der Waals surface area (Å²) in [5.41, 5.74) is 3.41. The number of nitrogens with zero attached hydrogens (tertiary/aromatic N) is 4. The van der Waals surface area contributed by atoms with E-state index in [-0.39, 0.29) is 5.91 Å². The number of carbonyl (C=O) groups excluding carboxylic acids is 1. The number of aryl methyl sites for hydroxylation is 1. The van der Waals surface area contributed by atoms with Crippen LogP contribution in [0.25, 0.3) is 11.2 Å². The lowest BCUT2D eigenvalue weighted by Gasteiger charge is -2.29. The van der Waals surface area contributed by atoms with E-state index in [4.69, 9.17) is 14.2 Å². The van der Waals surface area contributed by atoms with E-state index >= 15 is 0 Å². The van der Waals surface area contributed by atoms with Crippen molar-refractivity contribution in [2.24, 2.45) is 0 Å². The average Bonchev–Trinajstić information content (AvgIpc) is 3.27. The third-order valence-electron chi connectivity index (χ3n) is 5.16. The summed E-state index contributed by atoms with van der Waals surface area (Å²) in [5, 5.41) is 3.21. The highest BCUT2D eigenvalue weighted by atomic mass is 16.6. The second-order valence-corrected chi connectivity index (χ2v) is 6.99. The van der Waals surface area contributed by atoms with E-state index < -0.39 is 0 Å². The van der Waals surface area contributed by atoms with Crippen molar-refractivity contribution < 1.29 is 19.0 Å². The molecule has 1 fully saturated rings. The normalized spacial score (nSPS) is 16.0. The first kappa shape index (κ1) is 18.6. The van der Waals surface area contributed by atoms with Gasteiger partial charge in [0.2, 0.25) is 5.95 Å². The fourth-order valence-corrected chi connectivity index (χ4v) is 3.67. The number of rotatable bonds is 4. The minimum Gasteiger partial charge on any atom is -0.485 e. The fraction of sp³-hybridized carbons (Fsp3) is 0.400. The summed E-state index contributed by atoms with van der Waals surface area (Å²) in [6.45, 7) is 5.01. The molecule has 5 rings (SSSR count). The van der Waals surface area contributed by atoms with Crippen molar-refractivity contribution in [2.75, 3.05) is 44.8 Å². The van der Waals surface area contributed by atoms with E-state index in [0.29, 0.717) is 73.9 Å². The molecule has 2 aliphatic heterocycles. The van der Waals surface area contributed by atoms with Crippen LogP contribution in [0.2, 0.25) is 0 Å². The lowest BCUT2D eigenvalue weighted by Crippen LogP contribution is -2.41. The van der Waals surface area contributed by atoms with Gasteiger partial charge in [-0.2, -0.15) is 4.98 Å². The number of anilines is 2. The van der Waals surface area contributed by atoms with Gasteiger partial charge < -0.3 is 29.4 Å². The molecule has 0 atom stereocenters. The zero-order valence-electron chi connectivity index (χ0n) is 16.6. The highest BCUT2D eigenvalue weighted by molar-refractivity contribution is 5.99. The minimum atomic E-state index is -0.0888. The second-order valence-electron chi connectivity index (χ2n) is 6.99. The van der Waals surface area contributed by atoms with Crippen molar-refractivity contribution in [1.82, 2.24) is 24.8 Å². The van der Waals surface area contributed by atoms with Crippen LogP contribution < -0.4 is 14.8 Å². The molecule has 1 saturated heterocycles. The number of ether oxygens (including phenoxy) is 3. The largest absolute Gasteiger partial charge is 0.485 e. The smallest absolute Gasteiger partial charge is 0.257 e. The van der Waals surface area contributed by atoms with Gasteiger partial charge in [-0.05, 0) is 18.6 Å². The van der Waals surface area contributed by atoms with Gasteiger partial charge in [0.15, 0.2) is 17.1 Å². The molecular weight excluding hydrogens is 388 g/mol. The summed E-state index contributed by atoms with van der Waals surface area (Å²) in [6, 6.07) is 3.55. The SMILES string of the molecule is CCc1nc(Nc2ccc(C(=O)N3CCOCC3)c3c2OCCO3)nc2nc[nH]c12. The van der Waals surface area contributed by atoms with Crippen molar-refractivity contribution in [3.63, 3.8) is 0 Å². The monoisotopic (exact) mass is 410 g/mol. The number of imidazole rings is 1. The zero-order chi connectivity index (χ0) is 20.5. The number of hydrogen-bond acceptors (Lipinski definition) is 8. The average molecular weight is 410 g/mol. The third-order valence-corrected chi connectivity index (χ3v) is 5.16. The third kappa shape index (κ3) is 3.28. The van der Waals surface area contributed by atoms with Gasteiger partial charge in [-0.3, -0.25) is 4.79 Å². The van der Waals surface area contributed by atoms with Gasteiger partial charge in [-0.1, -0.05) is 6.92 Å². The van der Waals surface area contributed by atoms with Crippen LogP contribution in [0, 0.1) is 0 Å². The Hall–Kier alpha value is -3.40. The maximum Gasteiger partial charge on any atom is 0.257 e. The Kier molecular flexibility index (Phi) is 4.83. The minimum absolute atomic E-state index is 0.0888. The maximum absolute atomic E-state index is 13.0. The fourth-order valence-electron chi connectivity index (χ4n) is 3.67. The first-order chi connectivity index (χ1) is 14.7. The number of H-pyrrole nitrogens is 1. The first-order valence-electron chi connectivity index (χ1n) is 10.0. The molecule has 0 spiro atoms. The Labute approximate surface area is 172 Å². The van der Waals surface area contributed by atoms with E-state index in [1.165, 1.54) is 0 Å². The summed E-state index contributed by atoms with van der Waals surface area (Å²) in [7, 11) is 0. The van der Waals surface area contributed by atoms with Gasteiger partial charge in [-0.25, -0.2) is 9.97 Å². The molecule has 30 heavy (non-hydrogen) atoms. The van der Waals surface area contributed by atoms with Gasteiger partial charge in [0.05, 0.1) is 36.5 Å². The summed E-state index contributed by atoms with van der Waals surface area (Å²) in [5.74, 6) is 1.26. The molecule has 4 heterocycles. The van der Waals surface area contributed by atoms with E-state index in [1.54, 1.807) is 23.4 Å². The number of hydrogen-bond donors (Lipinski definition) is 2. The Morgan fingerprint density at radius 2 is 1.93 bits per heavy atom. The van der Waals surface area contributed by atoms with Crippen molar-refractivity contribution in [3.8, 4) is 11.5 Å². The van der Waals surface area contributed by atoms with Crippen LogP contribution in [0.3, 0.4) is 0 Å². The number of fused-ring (bicyclic) bond motifs is 2. The molecule has 1 aromatic carbocycles. The maximum atomic E-state index is 13.0. The van der Waals surface area contributed by atoms with E-state index in [0.717, 1.165) is 17.6 Å². The van der Waals surface area contributed by atoms with Gasteiger partial charge >= 0.3 is 0 Å². The molecule has 0 aliphatic carbocycles. The molecule has 3 aromatic rings. The molecular formula is C20H22N6O4. The Balaban J connectivity index is 1.50. The predicted octanol–water partition coefficient (Wildman–Crippen LogP) is 1.90. The van der Waals surface area contributed by atoms with Crippen LogP contribution >= 0.6 is 0 Å². The van der Waals surface area contributed by atoms with E-state index in [9.17, 15) is 4.79 Å². The highest BCUT2D eigenvalue weighted by Gasteiger charge is 2.28. The number of aromatic amines is 1. The lowest BCUT2D eigenvalue weighted by molar-refractivity contribution is 0.0298. The Bertz CT molecular complexity index is 1090. The van der Waals surface area contributed by atoms with Crippen LogP contribution in [-0.2, 0) is 11.2 Å². The van der Waals surface area contributed by atoms with Crippen LogP contribution in [0.1, 0.15) is 23.0 Å². The van der Waals surface area contributed by atoms with E-state index in [2.05, 4.69) is 25.3 Å². The topological polar surface area (TPSA) is 114 Å². The molecule has 1 amide bonds. The molecule has 10 heteroatoms. The summed E-state index contributed by atoms with van der Waals surface area (Å²) < 4.78 is 17.1. The first-order valence-corrected chi connectivity index (χ1v) is 10.0. The highest BCUT2D eigenvalue weighted by Crippen LogP contribution is 2.42. The van der Waals surface area contributed by atoms with Gasteiger partial charge in [0.1, 0.15) is 18.7 Å². The lowest BCUT2D eigenvalue weighted by atomic mass is 10.1. The number of nitrogens with one attached hydrogen (secondary N) is 2. The summed E-state index contributed by atoms with van der Waals surface area (Å²) in [4.78, 5) is 31.2. The van der Waals surface area contributed by atoms with Crippen LogP contribution in [0.15, 0.2) is 18.5 Å². The number of amides is 1. The van der Waals surface area contributed by atoms with Gasteiger partial charge in [-0.15, -0.1) is 0 Å². The number of aromatic nitrogens is 4. The van der Waals surface area contributed by atoms with Crippen molar-refractivity contribution >= 4 is 28.7 Å². The molecule has 0 unspecified atom stereocenters. The molecule has 2 aliphatic rings. The predicted molar refractivity (Wildman–Crippen MR) is 108 cm³/mol. The Morgan fingerprint density at radius 3 is 2.73 bits per heavy atom. The molecule has 156 valence electrons. The standard InChI is InChI=1S/C20H22N6O4/c1-2-13-15-18(22-11-21-15)25-20(23-13)24-14-4-3-12(16-17(14)30-10-9-29-16)19(27)26-5-7-28-8-6-26/h3-4,11H,2,5-10H2,1H3,(H2,21,22,23,24,25). The Morgan fingerprint density at radius 1 is 1.13 bits per heavy atom. The van der Waals surface area contributed by atoms with Gasteiger partial charge in [0, 0.05) is 13.1 Å². The summed E-state index contributed by atoms with van der Waals surface area (Å²) in [6.07, 6.45) is 2.34. The number of benzene rings is 1. The van der Waals surface area contributed by atoms with Gasteiger partial charge in [0.25, 0.3) is 5.91 Å². The molecule has 0 radical (unpaired) electrons. The van der Waals surface area contributed by atoms with E-state index in [1.807, 2.05) is 6.92 Å². The quantitative estimate of drug-likeness (QED) is 0.670. The number of morpholine rings is 1. The summed E-state index contributed by atoms with van der Waals surface area (Å²) >= 11 is 0. The number of carbonyl (C=O) groups is 1. The zero-order valence-corrected chi connectivity index (χ0v) is 16.6. The second kappa shape index (κ2) is 7.79. The van der Waals surface area contributed by atoms with Crippen molar-refractivity contribution in [1.29, 1.82) is 0 Å². The van der Waals surface area contributed by atoms with Crippen LogP contribution in [0.4, 0.5) is 11.6 Å². The molecule has 0 bridgehead atoms. The van der Waals surface area contributed by atoms with Crippen LogP contribution in [-0.4, -0.2) is 70.3 Å². The van der Waals surface area contributed by atoms with Crippen LogP contribution in [0.5, 0.6) is 11.5 Å². The van der Waals surface area contributed by atoms with Crippen molar-refractivity contribution in [3.05, 3.63) is 29.7 Å². The molecule has 10 nitrogen and oxygen atoms in total. The molecule has 2 aromatic heterocycles. The molecule has 0 saturated carbocycles.